The molecule has 0 aromatic carbocycles. The molecule has 1 aliphatic carbocycles. The normalized spacial score (nSPS) is 22.8. The predicted octanol–water partition coefficient (Wildman–Crippen LogP) is 2.86. The molecular formula is C17H24N4O. The van der Waals surface area contributed by atoms with Gasteiger partial charge in [-0.15, -0.1) is 0 Å². The standard InChI is InChI=1S/C17H24N4O/c1-3-13(4-2)15-5-9-19-21(15)14-6-10-20(11-14)16(22)17(12-18)7-8-17/h5,9,13-14H,3-4,6-8,10-11H2,1-2H3. The van der Waals surface area contributed by atoms with Crippen molar-refractivity contribution < 1.29 is 4.79 Å². The second kappa shape index (κ2) is 5.75. The van der Waals surface area contributed by atoms with E-state index in [4.69, 9.17) is 0 Å². The third-order valence-corrected chi connectivity index (χ3v) is 5.27. The highest BCUT2D eigenvalue weighted by molar-refractivity contribution is 5.88. The van der Waals surface area contributed by atoms with Crippen LogP contribution in [-0.2, 0) is 4.79 Å². The molecule has 0 bridgehead atoms. The summed E-state index contributed by atoms with van der Waals surface area (Å²) >= 11 is 0. The summed E-state index contributed by atoms with van der Waals surface area (Å²) in [5.74, 6) is 0.565. The van der Waals surface area contributed by atoms with Gasteiger partial charge in [0, 0.05) is 30.9 Å². The molecule has 0 N–H and O–H groups in total. The predicted molar refractivity (Wildman–Crippen MR) is 83.1 cm³/mol. The highest BCUT2D eigenvalue weighted by atomic mass is 16.2. The van der Waals surface area contributed by atoms with Crippen LogP contribution in [-0.4, -0.2) is 33.7 Å². The van der Waals surface area contributed by atoms with Gasteiger partial charge in [0.15, 0.2) is 0 Å². The average molecular weight is 300 g/mol. The number of nitriles is 1. The van der Waals surface area contributed by atoms with Gasteiger partial charge in [-0.05, 0) is 38.2 Å². The molecule has 2 aliphatic rings. The fraction of sp³-hybridized carbons (Fsp3) is 0.706. The Morgan fingerprint density at radius 1 is 1.50 bits per heavy atom. The van der Waals surface area contributed by atoms with Gasteiger partial charge in [0.25, 0.3) is 0 Å². The molecule has 5 nitrogen and oxygen atoms in total. The van der Waals surface area contributed by atoms with Gasteiger partial charge in [0.1, 0.15) is 5.41 Å². The maximum atomic E-state index is 12.5. The molecule has 0 radical (unpaired) electrons. The van der Waals surface area contributed by atoms with E-state index in [1.807, 2.05) is 11.1 Å². The Kier molecular flexibility index (Phi) is 3.94. The Hall–Kier alpha value is -1.83. The first-order chi connectivity index (χ1) is 10.6. The summed E-state index contributed by atoms with van der Waals surface area (Å²) in [4.78, 5) is 14.4. The van der Waals surface area contributed by atoms with Gasteiger partial charge >= 0.3 is 0 Å². The van der Waals surface area contributed by atoms with E-state index in [2.05, 4.69) is 35.8 Å². The van der Waals surface area contributed by atoms with Gasteiger partial charge in [0.2, 0.25) is 5.91 Å². The summed E-state index contributed by atoms with van der Waals surface area (Å²) in [5, 5.41) is 13.7. The molecule has 2 heterocycles. The van der Waals surface area contributed by atoms with Crippen molar-refractivity contribution in [1.29, 1.82) is 5.26 Å². The fourth-order valence-corrected chi connectivity index (χ4v) is 3.59. The van der Waals surface area contributed by atoms with Crippen LogP contribution in [0.25, 0.3) is 0 Å². The number of nitrogens with zero attached hydrogens (tertiary/aromatic N) is 4. The van der Waals surface area contributed by atoms with Crippen molar-refractivity contribution >= 4 is 5.91 Å². The van der Waals surface area contributed by atoms with E-state index in [1.54, 1.807) is 0 Å². The smallest absolute Gasteiger partial charge is 0.243 e. The zero-order valence-electron chi connectivity index (χ0n) is 13.5. The Morgan fingerprint density at radius 3 is 2.82 bits per heavy atom. The Bertz CT molecular complexity index is 592. The van der Waals surface area contributed by atoms with E-state index < -0.39 is 5.41 Å². The molecule has 118 valence electrons. The van der Waals surface area contributed by atoms with E-state index in [1.165, 1.54) is 5.69 Å². The maximum absolute atomic E-state index is 12.5. The lowest BCUT2D eigenvalue weighted by Gasteiger charge is -2.21. The van der Waals surface area contributed by atoms with Crippen LogP contribution in [0.15, 0.2) is 12.3 Å². The van der Waals surface area contributed by atoms with Crippen molar-refractivity contribution in [2.75, 3.05) is 13.1 Å². The number of amides is 1. The van der Waals surface area contributed by atoms with Crippen molar-refractivity contribution in [3.05, 3.63) is 18.0 Å². The minimum Gasteiger partial charge on any atom is -0.339 e. The van der Waals surface area contributed by atoms with Gasteiger partial charge in [-0.1, -0.05) is 13.8 Å². The van der Waals surface area contributed by atoms with E-state index in [0.29, 0.717) is 12.5 Å². The quantitative estimate of drug-likeness (QED) is 0.840. The summed E-state index contributed by atoms with van der Waals surface area (Å²) in [5.41, 5.74) is 0.586. The van der Waals surface area contributed by atoms with Crippen molar-refractivity contribution in [1.82, 2.24) is 14.7 Å². The topological polar surface area (TPSA) is 61.9 Å². The second-order valence-corrected chi connectivity index (χ2v) is 6.60. The number of hydrogen-bond donors (Lipinski definition) is 0. The van der Waals surface area contributed by atoms with Crippen LogP contribution >= 0.6 is 0 Å². The van der Waals surface area contributed by atoms with Crippen LogP contribution in [0, 0.1) is 16.7 Å². The maximum Gasteiger partial charge on any atom is 0.243 e. The second-order valence-electron chi connectivity index (χ2n) is 6.60. The Balaban J connectivity index is 1.73. The fourth-order valence-electron chi connectivity index (χ4n) is 3.59. The van der Waals surface area contributed by atoms with E-state index >= 15 is 0 Å². The molecule has 0 spiro atoms. The summed E-state index contributed by atoms with van der Waals surface area (Å²) in [6.45, 7) is 5.85. The molecule has 2 fully saturated rings. The van der Waals surface area contributed by atoms with Gasteiger partial charge in [-0.3, -0.25) is 9.48 Å². The number of carbonyl (C=O) groups excluding carboxylic acids is 1. The Morgan fingerprint density at radius 2 is 2.23 bits per heavy atom. The van der Waals surface area contributed by atoms with Crippen molar-refractivity contribution in [2.45, 2.75) is 57.9 Å². The lowest BCUT2D eigenvalue weighted by molar-refractivity contribution is -0.134. The molecule has 1 amide bonds. The van der Waals surface area contributed by atoms with Gasteiger partial charge in [0.05, 0.1) is 12.1 Å². The van der Waals surface area contributed by atoms with Gasteiger partial charge in [-0.2, -0.15) is 10.4 Å². The molecule has 3 rings (SSSR count). The number of likely N-dealkylation sites (tertiary alicyclic amines) is 1. The molecule has 1 aliphatic heterocycles. The van der Waals surface area contributed by atoms with Crippen LogP contribution < -0.4 is 0 Å². The summed E-state index contributed by atoms with van der Waals surface area (Å²) < 4.78 is 2.12. The molecule has 1 saturated heterocycles. The van der Waals surface area contributed by atoms with Crippen LogP contribution in [0.5, 0.6) is 0 Å². The van der Waals surface area contributed by atoms with Gasteiger partial charge in [-0.25, -0.2) is 0 Å². The third-order valence-electron chi connectivity index (χ3n) is 5.27. The molecule has 1 saturated carbocycles. The van der Waals surface area contributed by atoms with Crippen LogP contribution in [0.2, 0.25) is 0 Å². The first-order valence-electron chi connectivity index (χ1n) is 8.39. The van der Waals surface area contributed by atoms with E-state index in [-0.39, 0.29) is 11.9 Å². The van der Waals surface area contributed by atoms with Crippen molar-refractivity contribution in [3.63, 3.8) is 0 Å². The molecule has 5 heteroatoms. The lowest BCUT2D eigenvalue weighted by Crippen LogP contribution is -2.35. The molecule has 22 heavy (non-hydrogen) atoms. The zero-order valence-corrected chi connectivity index (χ0v) is 13.5. The zero-order chi connectivity index (χ0) is 15.7. The Labute approximate surface area is 131 Å². The monoisotopic (exact) mass is 300 g/mol. The van der Waals surface area contributed by atoms with E-state index in [0.717, 1.165) is 38.6 Å². The molecule has 1 aromatic heterocycles. The highest BCUT2D eigenvalue weighted by Crippen LogP contribution is 2.47. The minimum atomic E-state index is -0.697. The average Bonchev–Trinajstić information content (AvgIpc) is 2.96. The van der Waals surface area contributed by atoms with Crippen LogP contribution in [0.1, 0.15) is 63.6 Å². The van der Waals surface area contributed by atoms with Crippen LogP contribution in [0.3, 0.4) is 0 Å². The molecule has 1 unspecified atom stereocenters. The first kappa shape index (κ1) is 15.1. The summed E-state index contributed by atoms with van der Waals surface area (Å²) in [6.07, 6.45) is 6.47. The molecule has 1 atom stereocenters. The molecule has 1 aromatic rings. The number of rotatable bonds is 5. The summed E-state index contributed by atoms with van der Waals surface area (Å²) in [7, 11) is 0. The minimum absolute atomic E-state index is 0.0359. The highest BCUT2D eigenvalue weighted by Gasteiger charge is 2.53. The number of aromatic nitrogens is 2. The van der Waals surface area contributed by atoms with Crippen molar-refractivity contribution in [3.8, 4) is 6.07 Å². The lowest BCUT2D eigenvalue weighted by atomic mass is 9.99. The molecular weight excluding hydrogens is 276 g/mol. The largest absolute Gasteiger partial charge is 0.339 e. The number of hydrogen-bond acceptors (Lipinski definition) is 3. The number of carbonyl (C=O) groups is 1. The van der Waals surface area contributed by atoms with Gasteiger partial charge < -0.3 is 4.90 Å². The van der Waals surface area contributed by atoms with E-state index in [9.17, 15) is 10.1 Å². The van der Waals surface area contributed by atoms with Crippen molar-refractivity contribution in [2.24, 2.45) is 5.41 Å². The first-order valence-corrected chi connectivity index (χ1v) is 8.39. The van der Waals surface area contributed by atoms with Crippen LogP contribution in [0.4, 0.5) is 0 Å². The SMILES string of the molecule is CCC(CC)c1ccnn1C1CCN(C(=O)C2(C#N)CC2)C1. The third kappa shape index (κ3) is 2.41. The summed E-state index contributed by atoms with van der Waals surface area (Å²) in [6, 6.07) is 4.58.